The van der Waals surface area contributed by atoms with Crippen LogP contribution in [0.5, 0.6) is 5.88 Å². The second-order valence-corrected chi connectivity index (χ2v) is 10.4. The van der Waals surface area contributed by atoms with Gasteiger partial charge in [-0.3, -0.25) is 4.79 Å². The number of nitrogens with zero attached hydrogens (tertiary/aromatic N) is 6. The minimum Gasteiger partial charge on any atom is -0.475 e. The largest absolute Gasteiger partial charge is 0.475 e. The molecule has 1 N–H and O–H groups in total. The lowest BCUT2D eigenvalue weighted by Gasteiger charge is -2.38. The van der Waals surface area contributed by atoms with Crippen molar-refractivity contribution in [2.75, 3.05) is 38.7 Å². The Hall–Kier alpha value is -4.02. The highest BCUT2D eigenvalue weighted by atomic mass is 16.5. The second kappa shape index (κ2) is 9.70. The van der Waals surface area contributed by atoms with E-state index in [2.05, 4.69) is 59.3 Å². The van der Waals surface area contributed by atoms with Crippen LogP contribution >= 0.6 is 0 Å². The summed E-state index contributed by atoms with van der Waals surface area (Å²) in [5.74, 6) is 1.39. The molecule has 38 heavy (non-hydrogen) atoms. The molecule has 0 atom stereocenters. The van der Waals surface area contributed by atoms with Gasteiger partial charge in [0.1, 0.15) is 12.0 Å². The maximum absolute atomic E-state index is 13.4. The van der Waals surface area contributed by atoms with Gasteiger partial charge in [-0.1, -0.05) is 38.1 Å². The number of allylic oxidation sites excluding steroid dienone is 1. The zero-order valence-electron chi connectivity index (χ0n) is 21.8. The quantitative estimate of drug-likeness (QED) is 0.407. The molecular weight excluding hydrogens is 482 g/mol. The van der Waals surface area contributed by atoms with Crippen LogP contribution in [-0.2, 0) is 23.2 Å². The number of likely N-dealkylation sites (N-methyl/N-ethyl adjacent to an activating group) is 1. The number of ether oxygens (including phenoxy) is 2. The Labute approximate surface area is 220 Å². The zero-order valence-corrected chi connectivity index (χ0v) is 21.8. The van der Waals surface area contributed by atoms with E-state index in [1.807, 2.05) is 24.3 Å². The summed E-state index contributed by atoms with van der Waals surface area (Å²) >= 11 is 0. The average Bonchev–Trinajstić information content (AvgIpc) is 3.16. The number of rotatable bonds is 2. The number of anilines is 2. The fraction of sp³-hybridized carbons (Fsp3) is 0.357. The number of aromatic nitrogens is 5. The van der Waals surface area contributed by atoms with E-state index < -0.39 is 0 Å². The van der Waals surface area contributed by atoms with E-state index in [-0.39, 0.29) is 11.0 Å². The Morgan fingerprint density at radius 3 is 2.87 bits per heavy atom. The molecule has 0 unspecified atom stereocenters. The summed E-state index contributed by atoms with van der Waals surface area (Å²) in [6, 6.07) is 11.9. The third kappa shape index (κ3) is 4.57. The van der Waals surface area contributed by atoms with Crippen molar-refractivity contribution in [1.29, 1.82) is 0 Å². The molecule has 10 heteroatoms. The van der Waals surface area contributed by atoms with Crippen LogP contribution in [0.25, 0.3) is 16.9 Å². The molecule has 0 spiro atoms. The summed E-state index contributed by atoms with van der Waals surface area (Å²) in [6.07, 6.45) is 5.37. The monoisotopic (exact) mass is 513 g/mol. The van der Waals surface area contributed by atoms with Gasteiger partial charge in [-0.05, 0) is 36.4 Å². The lowest BCUT2D eigenvalue weighted by Crippen LogP contribution is -2.39. The summed E-state index contributed by atoms with van der Waals surface area (Å²) < 4.78 is 14.6. The molecule has 5 heterocycles. The maximum atomic E-state index is 13.4. The summed E-state index contributed by atoms with van der Waals surface area (Å²) in [6.45, 7) is 8.05. The van der Waals surface area contributed by atoms with Crippen LogP contribution in [0.1, 0.15) is 25.0 Å². The van der Waals surface area contributed by atoms with E-state index >= 15 is 0 Å². The first-order valence-electron chi connectivity index (χ1n) is 12.8. The van der Waals surface area contributed by atoms with E-state index in [4.69, 9.17) is 14.5 Å². The van der Waals surface area contributed by atoms with E-state index in [9.17, 15) is 4.79 Å². The normalized spacial score (nSPS) is 18.3. The Kier molecular flexibility index (Phi) is 6.21. The van der Waals surface area contributed by atoms with Crippen molar-refractivity contribution < 1.29 is 9.47 Å². The molecular formula is C28H31N7O3. The summed E-state index contributed by atoms with van der Waals surface area (Å²) in [4.78, 5) is 29.7. The number of hydrogen-bond acceptors (Lipinski definition) is 8. The van der Waals surface area contributed by atoms with Crippen molar-refractivity contribution in [3.05, 3.63) is 76.2 Å². The highest BCUT2D eigenvalue weighted by Gasteiger charge is 2.30. The molecule has 2 bridgehead atoms. The van der Waals surface area contributed by atoms with Gasteiger partial charge in [0.05, 0.1) is 19.8 Å². The molecule has 0 fully saturated rings. The minimum absolute atomic E-state index is 0.0291. The molecule has 0 radical (unpaired) electrons. The molecule has 0 amide bonds. The summed E-state index contributed by atoms with van der Waals surface area (Å²) in [5.41, 5.74) is 3.85. The highest BCUT2D eigenvalue weighted by molar-refractivity contribution is 5.77. The van der Waals surface area contributed by atoms with Gasteiger partial charge in [0, 0.05) is 36.5 Å². The molecule has 0 saturated carbocycles. The lowest BCUT2D eigenvalue weighted by atomic mass is 9.78. The fourth-order valence-corrected chi connectivity index (χ4v) is 5.35. The first-order valence-corrected chi connectivity index (χ1v) is 12.8. The van der Waals surface area contributed by atoms with Crippen molar-refractivity contribution in [3.8, 4) is 11.7 Å². The molecule has 0 aliphatic carbocycles. The van der Waals surface area contributed by atoms with Gasteiger partial charge in [-0.15, -0.1) is 0 Å². The van der Waals surface area contributed by atoms with Crippen molar-refractivity contribution in [2.24, 2.45) is 0 Å². The van der Waals surface area contributed by atoms with Gasteiger partial charge in [0.2, 0.25) is 11.8 Å². The van der Waals surface area contributed by atoms with E-state index in [1.54, 1.807) is 21.6 Å². The number of fused-ring (bicyclic) bond motifs is 7. The van der Waals surface area contributed by atoms with Gasteiger partial charge in [0.15, 0.2) is 11.5 Å². The second-order valence-electron chi connectivity index (χ2n) is 10.4. The first kappa shape index (κ1) is 24.3. The van der Waals surface area contributed by atoms with E-state index in [0.29, 0.717) is 55.0 Å². The lowest BCUT2D eigenvalue weighted by molar-refractivity contribution is 0.119. The zero-order chi connectivity index (χ0) is 26.3. The van der Waals surface area contributed by atoms with Crippen molar-refractivity contribution in [2.45, 2.75) is 32.4 Å². The van der Waals surface area contributed by atoms with Gasteiger partial charge >= 0.3 is 0 Å². The first-order chi connectivity index (χ1) is 18.4. The topological polar surface area (TPSA) is 99.3 Å². The van der Waals surface area contributed by atoms with Crippen LogP contribution in [0.4, 0.5) is 11.6 Å². The molecule has 4 aromatic rings. The van der Waals surface area contributed by atoms with Gasteiger partial charge in [-0.25, -0.2) is 14.3 Å². The van der Waals surface area contributed by atoms with Gasteiger partial charge in [0.25, 0.3) is 5.56 Å². The molecule has 196 valence electrons. The van der Waals surface area contributed by atoms with Crippen molar-refractivity contribution >= 4 is 22.7 Å². The standard InChI is InChI=1S/C28H31N7O3/c1-28(2)18-33(3)17-19-9-10-20(15-22(19)28)30-27-29-16-21-25(32-27)35-23-7-6-8-24(31-23)38-14-13-37-12-5-4-11-34(35)26(21)36/h4-10,15-16H,11-14,17-18H2,1-3H3,(H,29,30,32)/b5-4+. The molecule has 10 nitrogen and oxygen atoms in total. The molecule has 3 aromatic heterocycles. The fourth-order valence-electron chi connectivity index (χ4n) is 5.35. The molecule has 2 aliphatic rings. The number of nitrogens with one attached hydrogen (secondary N) is 1. The number of benzene rings is 1. The number of pyridine rings is 1. The van der Waals surface area contributed by atoms with Crippen LogP contribution in [-0.4, -0.2) is 62.6 Å². The molecule has 2 aliphatic heterocycles. The van der Waals surface area contributed by atoms with Crippen LogP contribution in [0, 0.1) is 0 Å². The van der Waals surface area contributed by atoms with Crippen molar-refractivity contribution in [3.63, 3.8) is 0 Å². The number of hydrogen-bond donors (Lipinski definition) is 1. The predicted octanol–water partition coefficient (Wildman–Crippen LogP) is 3.41. The van der Waals surface area contributed by atoms with Gasteiger partial charge in [-0.2, -0.15) is 9.97 Å². The molecule has 0 saturated heterocycles. The van der Waals surface area contributed by atoms with Crippen molar-refractivity contribution in [1.82, 2.24) is 29.2 Å². The smallest absolute Gasteiger partial charge is 0.278 e. The maximum Gasteiger partial charge on any atom is 0.278 e. The Morgan fingerprint density at radius 2 is 1.97 bits per heavy atom. The molecule has 6 rings (SSSR count). The Morgan fingerprint density at radius 1 is 1.08 bits per heavy atom. The SMILES string of the molecule is CN1Cc2ccc(Nc3ncc4c(=O)n5n(c4n3)-c3cccc(n3)OCCOC/C=C/C5)cc2C(C)(C)C1. The van der Waals surface area contributed by atoms with Crippen LogP contribution in [0.3, 0.4) is 0 Å². The highest BCUT2D eigenvalue weighted by Crippen LogP contribution is 2.35. The summed E-state index contributed by atoms with van der Waals surface area (Å²) in [5, 5.41) is 3.77. The third-order valence-electron chi connectivity index (χ3n) is 6.94. The van der Waals surface area contributed by atoms with Crippen LogP contribution < -0.4 is 15.6 Å². The third-order valence-corrected chi connectivity index (χ3v) is 6.94. The van der Waals surface area contributed by atoms with Crippen LogP contribution in [0.15, 0.2) is 59.5 Å². The molecule has 1 aromatic carbocycles. The Bertz CT molecular complexity index is 1590. The van der Waals surface area contributed by atoms with Gasteiger partial charge < -0.3 is 19.7 Å². The minimum atomic E-state index is -0.195. The average molecular weight is 514 g/mol. The van der Waals surface area contributed by atoms with E-state index in [1.165, 1.54) is 11.1 Å². The predicted molar refractivity (Wildman–Crippen MR) is 145 cm³/mol. The van der Waals surface area contributed by atoms with Crippen LogP contribution in [0.2, 0.25) is 0 Å². The summed E-state index contributed by atoms with van der Waals surface area (Å²) in [7, 11) is 2.15. The Balaban J connectivity index is 1.43. The van der Waals surface area contributed by atoms with E-state index in [0.717, 1.165) is 18.8 Å².